The average molecular weight is 336 g/mol. The molecule has 0 bridgehead atoms. The largest absolute Gasteiger partial charge is 0.454 e. The molecule has 0 atom stereocenters. The Morgan fingerprint density at radius 2 is 1.90 bits per heavy atom. The Morgan fingerprint density at radius 1 is 1.05 bits per heavy atom. The molecule has 2 aromatic carbocycles. The van der Waals surface area contributed by atoms with Gasteiger partial charge in [-0.1, -0.05) is 28.1 Å². The van der Waals surface area contributed by atoms with Crippen molar-refractivity contribution in [3.63, 3.8) is 0 Å². The Balaban J connectivity index is 1.60. The number of hydrogen-bond acceptors (Lipinski definition) is 4. The zero-order chi connectivity index (χ0) is 13.9. The molecule has 0 saturated heterocycles. The molecular formula is C15H14BrNO3. The van der Waals surface area contributed by atoms with Crippen LogP contribution in [0.15, 0.2) is 40.9 Å². The predicted octanol–water partition coefficient (Wildman–Crippen LogP) is 3.48. The second kappa shape index (κ2) is 5.73. The van der Waals surface area contributed by atoms with E-state index in [-0.39, 0.29) is 6.79 Å². The van der Waals surface area contributed by atoms with E-state index in [0.717, 1.165) is 32.8 Å². The van der Waals surface area contributed by atoms with E-state index in [1.165, 1.54) is 0 Å². The van der Waals surface area contributed by atoms with Crippen molar-refractivity contribution in [3.05, 3.63) is 52.0 Å². The number of benzene rings is 2. The molecule has 1 heterocycles. The summed E-state index contributed by atoms with van der Waals surface area (Å²) in [5.41, 5.74) is 8.68. The summed E-state index contributed by atoms with van der Waals surface area (Å²) in [5.74, 6) is 1.56. The maximum Gasteiger partial charge on any atom is 0.231 e. The van der Waals surface area contributed by atoms with Crippen LogP contribution in [-0.4, -0.2) is 6.79 Å². The monoisotopic (exact) mass is 335 g/mol. The van der Waals surface area contributed by atoms with E-state index in [1.54, 1.807) is 0 Å². The van der Waals surface area contributed by atoms with Crippen molar-refractivity contribution < 1.29 is 14.2 Å². The van der Waals surface area contributed by atoms with Gasteiger partial charge in [-0.2, -0.15) is 0 Å². The van der Waals surface area contributed by atoms with Crippen LogP contribution in [0.5, 0.6) is 11.5 Å². The Labute approximate surface area is 125 Å². The van der Waals surface area contributed by atoms with Gasteiger partial charge in [-0.15, -0.1) is 0 Å². The second-order valence-corrected chi connectivity index (χ2v) is 5.44. The van der Waals surface area contributed by atoms with Gasteiger partial charge in [0.05, 0.1) is 13.2 Å². The number of fused-ring (bicyclic) bond motifs is 1. The average Bonchev–Trinajstić information content (AvgIpc) is 2.89. The van der Waals surface area contributed by atoms with Gasteiger partial charge >= 0.3 is 0 Å². The number of rotatable bonds is 4. The van der Waals surface area contributed by atoms with Crippen molar-refractivity contribution in [2.75, 3.05) is 12.5 Å². The number of anilines is 1. The van der Waals surface area contributed by atoms with E-state index >= 15 is 0 Å². The maximum atomic E-state index is 5.93. The fourth-order valence-corrected chi connectivity index (χ4v) is 2.39. The van der Waals surface area contributed by atoms with E-state index in [2.05, 4.69) is 15.9 Å². The first-order valence-corrected chi connectivity index (χ1v) is 7.02. The minimum absolute atomic E-state index is 0.287. The minimum Gasteiger partial charge on any atom is -0.454 e. The molecule has 0 spiro atoms. The molecule has 1 aliphatic heterocycles. The number of nitrogens with two attached hydrogens (primary N) is 1. The van der Waals surface area contributed by atoms with E-state index in [9.17, 15) is 0 Å². The molecule has 0 aromatic heterocycles. The van der Waals surface area contributed by atoms with Crippen LogP contribution in [-0.2, 0) is 18.0 Å². The van der Waals surface area contributed by atoms with Gasteiger partial charge in [0.2, 0.25) is 6.79 Å². The van der Waals surface area contributed by atoms with Crippen LogP contribution in [0.25, 0.3) is 0 Å². The molecule has 0 aliphatic carbocycles. The molecule has 2 aromatic rings. The molecule has 0 radical (unpaired) electrons. The lowest BCUT2D eigenvalue weighted by atomic mass is 10.2. The SMILES string of the molecule is Nc1cc(Br)ccc1COCc1ccc2c(c1)OCO2. The van der Waals surface area contributed by atoms with Gasteiger partial charge in [-0.3, -0.25) is 0 Å². The molecule has 0 saturated carbocycles. The maximum absolute atomic E-state index is 5.93. The molecule has 4 nitrogen and oxygen atoms in total. The van der Waals surface area contributed by atoms with Crippen LogP contribution in [0.2, 0.25) is 0 Å². The third-order valence-corrected chi connectivity index (χ3v) is 3.56. The molecule has 104 valence electrons. The van der Waals surface area contributed by atoms with Gasteiger partial charge in [-0.05, 0) is 29.8 Å². The number of hydrogen-bond donors (Lipinski definition) is 1. The Kier molecular flexibility index (Phi) is 3.80. The molecule has 20 heavy (non-hydrogen) atoms. The highest BCUT2D eigenvalue weighted by molar-refractivity contribution is 9.10. The Hall–Kier alpha value is -1.72. The molecule has 2 N–H and O–H groups in total. The van der Waals surface area contributed by atoms with Gasteiger partial charge in [0, 0.05) is 15.7 Å². The Bertz CT molecular complexity index is 631. The first kappa shape index (κ1) is 13.3. The number of halogens is 1. The molecule has 0 amide bonds. The minimum atomic E-state index is 0.287. The Morgan fingerprint density at radius 3 is 2.75 bits per heavy atom. The molecular weight excluding hydrogens is 322 g/mol. The molecule has 0 fully saturated rings. The van der Waals surface area contributed by atoms with E-state index in [4.69, 9.17) is 19.9 Å². The third-order valence-electron chi connectivity index (χ3n) is 3.07. The van der Waals surface area contributed by atoms with E-state index in [1.807, 2.05) is 36.4 Å². The number of ether oxygens (including phenoxy) is 3. The summed E-state index contributed by atoms with van der Waals surface area (Å²) in [5, 5.41) is 0. The first-order chi connectivity index (χ1) is 9.72. The van der Waals surface area contributed by atoms with Crippen molar-refractivity contribution in [1.29, 1.82) is 0 Å². The van der Waals surface area contributed by atoms with Crippen molar-refractivity contribution in [3.8, 4) is 11.5 Å². The van der Waals surface area contributed by atoms with Crippen LogP contribution >= 0.6 is 15.9 Å². The smallest absolute Gasteiger partial charge is 0.231 e. The topological polar surface area (TPSA) is 53.7 Å². The fourth-order valence-electron chi connectivity index (χ4n) is 2.01. The van der Waals surface area contributed by atoms with Gasteiger partial charge in [-0.25, -0.2) is 0 Å². The van der Waals surface area contributed by atoms with Crippen LogP contribution in [0.4, 0.5) is 5.69 Å². The van der Waals surface area contributed by atoms with E-state index < -0.39 is 0 Å². The highest BCUT2D eigenvalue weighted by Gasteiger charge is 2.13. The molecule has 3 rings (SSSR count). The fraction of sp³-hybridized carbons (Fsp3) is 0.200. The van der Waals surface area contributed by atoms with Gasteiger partial charge in [0.1, 0.15) is 0 Å². The first-order valence-electron chi connectivity index (χ1n) is 6.22. The lowest BCUT2D eigenvalue weighted by Crippen LogP contribution is -1.98. The highest BCUT2D eigenvalue weighted by Crippen LogP contribution is 2.32. The summed E-state index contributed by atoms with van der Waals surface area (Å²) in [6, 6.07) is 11.6. The van der Waals surface area contributed by atoms with Gasteiger partial charge in [0.15, 0.2) is 11.5 Å². The quantitative estimate of drug-likeness (QED) is 0.869. The number of nitrogen functional groups attached to an aromatic ring is 1. The summed E-state index contributed by atoms with van der Waals surface area (Å²) in [6.07, 6.45) is 0. The molecule has 0 unspecified atom stereocenters. The van der Waals surface area contributed by atoms with Crippen LogP contribution in [0.1, 0.15) is 11.1 Å². The summed E-state index contributed by atoms with van der Waals surface area (Å²) in [4.78, 5) is 0. The second-order valence-electron chi connectivity index (χ2n) is 4.52. The summed E-state index contributed by atoms with van der Waals surface area (Å²) in [7, 11) is 0. The zero-order valence-electron chi connectivity index (χ0n) is 10.8. The van der Waals surface area contributed by atoms with Crippen molar-refractivity contribution in [2.24, 2.45) is 0 Å². The third kappa shape index (κ3) is 2.89. The summed E-state index contributed by atoms with van der Waals surface area (Å²) >= 11 is 3.38. The normalized spacial score (nSPS) is 12.7. The highest BCUT2D eigenvalue weighted by atomic mass is 79.9. The van der Waals surface area contributed by atoms with Crippen molar-refractivity contribution in [2.45, 2.75) is 13.2 Å². The summed E-state index contributed by atoms with van der Waals surface area (Å²) in [6.45, 7) is 1.27. The van der Waals surface area contributed by atoms with Crippen molar-refractivity contribution in [1.82, 2.24) is 0 Å². The van der Waals surface area contributed by atoms with E-state index in [0.29, 0.717) is 13.2 Å². The summed E-state index contributed by atoms with van der Waals surface area (Å²) < 4.78 is 17.3. The van der Waals surface area contributed by atoms with Gasteiger partial charge < -0.3 is 19.9 Å². The van der Waals surface area contributed by atoms with Crippen LogP contribution < -0.4 is 15.2 Å². The molecule has 1 aliphatic rings. The standard InChI is InChI=1S/C15H14BrNO3/c16-12-3-2-11(13(17)6-12)8-18-7-10-1-4-14-15(5-10)20-9-19-14/h1-6H,7-9,17H2. The van der Waals surface area contributed by atoms with Crippen LogP contribution in [0, 0.1) is 0 Å². The zero-order valence-corrected chi connectivity index (χ0v) is 12.4. The van der Waals surface area contributed by atoms with Gasteiger partial charge in [0.25, 0.3) is 0 Å². The predicted molar refractivity (Wildman–Crippen MR) is 79.6 cm³/mol. The van der Waals surface area contributed by atoms with Crippen molar-refractivity contribution >= 4 is 21.6 Å². The van der Waals surface area contributed by atoms with Crippen LogP contribution in [0.3, 0.4) is 0 Å². The molecule has 5 heteroatoms. The lowest BCUT2D eigenvalue weighted by Gasteiger charge is -2.08. The lowest BCUT2D eigenvalue weighted by molar-refractivity contribution is 0.107.